The highest BCUT2D eigenvalue weighted by molar-refractivity contribution is 7.13. The van der Waals surface area contributed by atoms with Crippen molar-refractivity contribution in [2.45, 2.75) is 6.10 Å². The Labute approximate surface area is 133 Å². The normalized spacial score (nSPS) is 17.9. The number of rotatable bonds is 4. The van der Waals surface area contributed by atoms with Crippen LogP contribution in [0.25, 0.3) is 10.4 Å². The Kier molecular flexibility index (Phi) is 5.05. The summed E-state index contributed by atoms with van der Waals surface area (Å²) in [6.07, 6.45) is -0.0768. The van der Waals surface area contributed by atoms with E-state index in [0.717, 1.165) is 16.1 Å². The van der Waals surface area contributed by atoms with Crippen LogP contribution in [0.3, 0.4) is 0 Å². The highest BCUT2D eigenvalue weighted by atomic mass is 32.1. The summed E-state index contributed by atoms with van der Waals surface area (Å²) in [5.41, 5.74) is 1.81. The molecule has 1 aromatic carbocycles. The molecule has 1 fully saturated rings. The molecule has 0 unspecified atom stereocenters. The van der Waals surface area contributed by atoms with Gasteiger partial charge in [-0.15, -0.1) is 11.3 Å². The Balaban J connectivity index is 1.59. The molecule has 1 saturated heterocycles. The predicted molar refractivity (Wildman–Crippen MR) is 87.3 cm³/mol. The van der Waals surface area contributed by atoms with Gasteiger partial charge in [-0.2, -0.15) is 0 Å². The van der Waals surface area contributed by atoms with Gasteiger partial charge in [-0.3, -0.25) is 0 Å². The Morgan fingerprint density at radius 2 is 2.14 bits per heavy atom. The Morgan fingerprint density at radius 1 is 1.23 bits per heavy atom. The fraction of sp³-hybridized carbons (Fsp3) is 0.312. The number of nitrogens with one attached hydrogen (secondary N) is 2. The third-order valence-corrected chi connectivity index (χ3v) is 4.24. The molecule has 0 radical (unpaired) electrons. The summed E-state index contributed by atoms with van der Waals surface area (Å²) in [5.74, 6) is 0. The van der Waals surface area contributed by atoms with Crippen molar-refractivity contribution in [3.63, 3.8) is 0 Å². The summed E-state index contributed by atoms with van der Waals surface area (Å²) >= 11 is 1.65. The van der Waals surface area contributed by atoms with Gasteiger partial charge in [-0.25, -0.2) is 4.79 Å². The van der Waals surface area contributed by atoms with Crippen LogP contribution in [0.1, 0.15) is 0 Å². The van der Waals surface area contributed by atoms with Gasteiger partial charge < -0.3 is 20.1 Å². The van der Waals surface area contributed by atoms with Crippen molar-refractivity contribution in [3.05, 3.63) is 41.8 Å². The molecule has 2 amide bonds. The number of para-hydroxylation sites is 1. The summed E-state index contributed by atoms with van der Waals surface area (Å²) in [6.45, 7) is 2.16. The zero-order valence-corrected chi connectivity index (χ0v) is 12.9. The second kappa shape index (κ2) is 7.40. The first-order chi connectivity index (χ1) is 10.8. The molecule has 22 heavy (non-hydrogen) atoms. The van der Waals surface area contributed by atoms with Crippen LogP contribution in [0.2, 0.25) is 0 Å². The van der Waals surface area contributed by atoms with Gasteiger partial charge in [-0.05, 0) is 17.5 Å². The van der Waals surface area contributed by atoms with Gasteiger partial charge in [0.1, 0.15) is 0 Å². The van der Waals surface area contributed by atoms with E-state index in [1.165, 1.54) is 0 Å². The maximum atomic E-state index is 12.1. The van der Waals surface area contributed by atoms with E-state index in [0.29, 0.717) is 26.4 Å². The molecule has 0 saturated carbocycles. The van der Waals surface area contributed by atoms with Crippen molar-refractivity contribution < 1.29 is 14.3 Å². The van der Waals surface area contributed by atoms with Gasteiger partial charge in [-0.1, -0.05) is 24.3 Å². The number of carbonyl (C=O) groups excluding carboxylic acids is 1. The van der Waals surface area contributed by atoms with E-state index in [-0.39, 0.29) is 12.1 Å². The second-order valence-electron chi connectivity index (χ2n) is 4.93. The second-order valence-corrected chi connectivity index (χ2v) is 5.87. The number of hydrogen-bond acceptors (Lipinski definition) is 4. The number of thiophene rings is 1. The van der Waals surface area contributed by atoms with E-state index in [1.54, 1.807) is 11.3 Å². The zero-order chi connectivity index (χ0) is 15.2. The minimum Gasteiger partial charge on any atom is -0.376 e. The monoisotopic (exact) mass is 318 g/mol. The van der Waals surface area contributed by atoms with Crippen LogP contribution >= 0.6 is 11.3 Å². The third-order valence-electron chi connectivity index (χ3n) is 3.34. The average molecular weight is 318 g/mol. The minimum atomic E-state index is -0.238. The van der Waals surface area contributed by atoms with E-state index in [2.05, 4.69) is 10.6 Å². The molecule has 1 aliphatic rings. The lowest BCUT2D eigenvalue weighted by Gasteiger charge is -2.23. The number of amides is 2. The Hall–Kier alpha value is -1.89. The Morgan fingerprint density at radius 3 is 2.91 bits per heavy atom. The van der Waals surface area contributed by atoms with Crippen LogP contribution in [0.15, 0.2) is 41.8 Å². The lowest BCUT2D eigenvalue weighted by atomic mass is 10.1. The summed E-state index contributed by atoms with van der Waals surface area (Å²) in [5, 5.41) is 7.74. The van der Waals surface area contributed by atoms with Crippen molar-refractivity contribution in [1.82, 2.24) is 5.32 Å². The summed E-state index contributed by atoms with van der Waals surface area (Å²) in [4.78, 5) is 13.2. The molecule has 116 valence electrons. The zero-order valence-electron chi connectivity index (χ0n) is 12.1. The van der Waals surface area contributed by atoms with Gasteiger partial charge in [0.25, 0.3) is 0 Å². The van der Waals surface area contributed by atoms with Crippen LogP contribution in [0.5, 0.6) is 0 Å². The Bertz CT molecular complexity index is 610. The number of anilines is 1. The van der Waals surface area contributed by atoms with Crippen molar-refractivity contribution in [3.8, 4) is 10.4 Å². The van der Waals surface area contributed by atoms with Gasteiger partial charge >= 0.3 is 6.03 Å². The molecule has 6 heteroatoms. The highest BCUT2D eigenvalue weighted by Gasteiger charge is 2.15. The number of ether oxygens (including phenoxy) is 2. The maximum absolute atomic E-state index is 12.1. The minimum absolute atomic E-state index is 0.0768. The van der Waals surface area contributed by atoms with E-state index in [4.69, 9.17) is 9.47 Å². The fourth-order valence-corrected chi connectivity index (χ4v) is 3.03. The van der Waals surface area contributed by atoms with Crippen molar-refractivity contribution in [2.24, 2.45) is 0 Å². The first-order valence-corrected chi connectivity index (χ1v) is 8.08. The van der Waals surface area contributed by atoms with Crippen LogP contribution in [0, 0.1) is 0 Å². The van der Waals surface area contributed by atoms with Crippen LogP contribution in [0.4, 0.5) is 10.5 Å². The number of carbonyl (C=O) groups is 1. The summed E-state index contributed by atoms with van der Waals surface area (Å²) in [6, 6.07) is 11.6. The molecule has 0 spiro atoms. The number of benzene rings is 1. The lowest BCUT2D eigenvalue weighted by Crippen LogP contribution is -2.41. The number of urea groups is 1. The maximum Gasteiger partial charge on any atom is 0.319 e. The molecule has 1 aromatic heterocycles. The topological polar surface area (TPSA) is 59.6 Å². The fourth-order valence-electron chi connectivity index (χ4n) is 2.27. The molecule has 5 nitrogen and oxygen atoms in total. The van der Waals surface area contributed by atoms with Crippen LogP contribution in [-0.2, 0) is 9.47 Å². The van der Waals surface area contributed by atoms with E-state index < -0.39 is 0 Å². The molecule has 2 N–H and O–H groups in total. The van der Waals surface area contributed by atoms with Crippen molar-refractivity contribution in [2.75, 3.05) is 31.7 Å². The standard InChI is InChI=1S/C16H18N2O3S/c19-16(17-10-12-11-20-7-8-21-12)18-14-5-2-1-4-13(14)15-6-3-9-22-15/h1-6,9,12H,7-8,10-11H2,(H2,17,18,19)/t12-/m1/s1. The van der Waals surface area contributed by atoms with Gasteiger partial charge in [0.2, 0.25) is 0 Å². The molecule has 0 bridgehead atoms. The van der Waals surface area contributed by atoms with Crippen molar-refractivity contribution in [1.29, 1.82) is 0 Å². The molecule has 2 aromatic rings. The van der Waals surface area contributed by atoms with Gasteiger partial charge in [0.15, 0.2) is 0 Å². The summed E-state index contributed by atoms with van der Waals surface area (Å²) < 4.78 is 10.8. The van der Waals surface area contributed by atoms with Gasteiger partial charge in [0, 0.05) is 17.0 Å². The average Bonchev–Trinajstić information content (AvgIpc) is 3.09. The third kappa shape index (κ3) is 3.85. The van der Waals surface area contributed by atoms with Crippen LogP contribution < -0.4 is 10.6 Å². The molecule has 2 heterocycles. The van der Waals surface area contributed by atoms with E-state index in [1.807, 2.05) is 41.8 Å². The van der Waals surface area contributed by atoms with Crippen LogP contribution in [-0.4, -0.2) is 38.5 Å². The number of hydrogen-bond donors (Lipinski definition) is 2. The largest absolute Gasteiger partial charge is 0.376 e. The van der Waals surface area contributed by atoms with E-state index in [9.17, 15) is 4.79 Å². The molecular weight excluding hydrogens is 300 g/mol. The SMILES string of the molecule is O=C(NC[C@@H]1COCCO1)Nc1ccccc1-c1cccs1. The predicted octanol–water partition coefficient (Wildman–Crippen LogP) is 2.95. The molecule has 0 aliphatic carbocycles. The lowest BCUT2D eigenvalue weighted by molar-refractivity contribution is -0.0852. The smallest absolute Gasteiger partial charge is 0.319 e. The summed E-state index contributed by atoms with van der Waals surface area (Å²) in [7, 11) is 0. The first-order valence-electron chi connectivity index (χ1n) is 7.20. The molecule has 1 aliphatic heterocycles. The van der Waals surface area contributed by atoms with Gasteiger partial charge in [0.05, 0.1) is 31.6 Å². The van der Waals surface area contributed by atoms with Crippen molar-refractivity contribution >= 4 is 23.1 Å². The van der Waals surface area contributed by atoms with E-state index >= 15 is 0 Å². The molecule has 3 rings (SSSR count). The first kappa shape index (κ1) is 15.0. The molecule has 1 atom stereocenters. The molecular formula is C16H18N2O3S. The quantitative estimate of drug-likeness (QED) is 0.911. The highest BCUT2D eigenvalue weighted by Crippen LogP contribution is 2.31.